The zero-order chi connectivity index (χ0) is 24.7. The lowest BCUT2D eigenvalue weighted by Crippen LogP contribution is -2.34. The fourth-order valence-electron chi connectivity index (χ4n) is 4.49. The Morgan fingerprint density at radius 2 is 1.83 bits per heavy atom. The average molecular weight is 470 g/mol. The Morgan fingerprint density at radius 1 is 1.06 bits per heavy atom. The molecule has 1 atom stereocenters. The van der Waals surface area contributed by atoms with E-state index in [9.17, 15) is 9.59 Å². The highest BCUT2D eigenvalue weighted by Crippen LogP contribution is 2.37. The van der Waals surface area contributed by atoms with E-state index in [-0.39, 0.29) is 11.7 Å². The standard InChI is InChI=1S/C27H27N5O3/c1-27(2,3)35-26(34)29-20-12-10-17-15-18(9-11-19(17)20)23-24(16-7-5-4-6-8-16)32-22(30-23)14-13-21(31-32)25(28)33/h4-9,11,13-15,20H,10,12H2,1-3H3,(H2,28,33)(H,29,34)/t20-/m0/s1. The first-order valence-electron chi connectivity index (χ1n) is 11.6. The molecule has 4 aromatic rings. The van der Waals surface area contributed by atoms with Crippen molar-refractivity contribution >= 4 is 17.6 Å². The highest BCUT2D eigenvalue weighted by molar-refractivity contribution is 5.91. The van der Waals surface area contributed by atoms with Crippen LogP contribution >= 0.6 is 0 Å². The minimum absolute atomic E-state index is 0.0941. The molecule has 8 nitrogen and oxygen atoms in total. The van der Waals surface area contributed by atoms with E-state index in [0.29, 0.717) is 5.65 Å². The Kier molecular flexibility index (Phi) is 5.51. The molecule has 2 amide bonds. The number of aryl methyl sites for hydroxylation is 1. The number of hydrogen-bond donors (Lipinski definition) is 2. The van der Waals surface area contributed by atoms with E-state index in [1.807, 2.05) is 63.2 Å². The number of benzene rings is 2. The van der Waals surface area contributed by atoms with Gasteiger partial charge in [0.25, 0.3) is 5.91 Å². The van der Waals surface area contributed by atoms with Crippen molar-refractivity contribution in [2.24, 2.45) is 5.73 Å². The topological polar surface area (TPSA) is 112 Å². The van der Waals surface area contributed by atoms with Gasteiger partial charge in [-0.1, -0.05) is 42.5 Å². The van der Waals surface area contributed by atoms with Crippen LogP contribution in [0, 0.1) is 0 Å². The van der Waals surface area contributed by atoms with Crippen LogP contribution in [-0.4, -0.2) is 32.2 Å². The van der Waals surface area contributed by atoms with Crippen LogP contribution in [0.25, 0.3) is 28.2 Å². The van der Waals surface area contributed by atoms with Gasteiger partial charge in [0.05, 0.1) is 11.7 Å². The van der Waals surface area contributed by atoms with Crippen molar-refractivity contribution in [3.05, 3.63) is 77.5 Å². The minimum Gasteiger partial charge on any atom is -0.444 e. The molecule has 0 spiro atoms. The summed E-state index contributed by atoms with van der Waals surface area (Å²) in [4.78, 5) is 28.9. The lowest BCUT2D eigenvalue weighted by molar-refractivity contribution is 0.0503. The molecule has 0 saturated carbocycles. The number of carbonyl (C=O) groups excluding carboxylic acids is 2. The largest absolute Gasteiger partial charge is 0.444 e. The van der Waals surface area contributed by atoms with Crippen molar-refractivity contribution in [1.29, 1.82) is 0 Å². The number of imidazole rings is 1. The number of fused-ring (bicyclic) bond motifs is 2. The monoisotopic (exact) mass is 469 g/mol. The third kappa shape index (κ3) is 4.47. The van der Waals surface area contributed by atoms with E-state index in [1.54, 1.807) is 16.6 Å². The number of nitrogens with one attached hydrogen (secondary N) is 1. The third-order valence-corrected chi connectivity index (χ3v) is 5.96. The number of carbonyl (C=O) groups is 2. The average Bonchev–Trinajstić information content (AvgIpc) is 3.38. The van der Waals surface area contributed by atoms with Crippen molar-refractivity contribution < 1.29 is 14.3 Å². The van der Waals surface area contributed by atoms with Crippen LogP contribution in [0.1, 0.15) is 54.8 Å². The molecular weight excluding hydrogens is 442 g/mol. The highest BCUT2D eigenvalue weighted by Gasteiger charge is 2.27. The molecule has 2 aromatic heterocycles. The predicted molar refractivity (Wildman–Crippen MR) is 133 cm³/mol. The van der Waals surface area contributed by atoms with Crippen molar-refractivity contribution in [3.63, 3.8) is 0 Å². The van der Waals surface area contributed by atoms with Crippen molar-refractivity contribution in [1.82, 2.24) is 19.9 Å². The van der Waals surface area contributed by atoms with Gasteiger partial charge in [-0.3, -0.25) is 4.79 Å². The minimum atomic E-state index is -0.595. The van der Waals surface area contributed by atoms with Crippen LogP contribution in [0.3, 0.4) is 0 Å². The first-order chi connectivity index (χ1) is 16.7. The maximum absolute atomic E-state index is 12.3. The summed E-state index contributed by atoms with van der Waals surface area (Å²) in [6.07, 6.45) is 1.22. The van der Waals surface area contributed by atoms with Gasteiger partial charge in [0.2, 0.25) is 0 Å². The van der Waals surface area contributed by atoms with E-state index in [1.165, 1.54) is 0 Å². The number of amides is 2. The molecule has 2 heterocycles. The molecule has 0 fully saturated rings. The van der Waals surface area contributed by atoms with Crippen LogP contribution in [0.15, 0.2) is 60.7 Å². The fourth-order valence-corrected chi connectivity index (χ4v) is 4.49. The molecule has 1 aliphatic rings. The van der Waals surface area contributed by atoms with Crippen LogP contribution < -0.4 is 11.1 Å². The van der Waals surface area contributed by atoms with Crippen LogP contribution in [0.4, 0.5) is 4.79 Å². The van der Waals surface area contributed by atoms with Gasteiger partial charge in [-0.05, 0) is 62.9 Å². The van der Waals surface area contributed by atoms with Crippen molar-refractivity contribution in [2.45, 2.75) is 45.3 Å². The highest BCUT2D eigenvalue weighted by atomic mass is 16.6. The van der Waals surface area contributed by atoms with E-state index >= 15 is 0 Å². The predicted octanol–water partition coefficient (Wildman–Crippen LogP) is 4.67. The van der Waals surface area contributed by atoms with E-state index in [2.05, 4.69) is 16.5 Å². The molecule has 0 saturated heterocycles. The second-order valence-electron chi connectivity index (χ2n) is 9.68. The van der Waals surface area contributed by atoms with Gasteiger partial charge in [-0.15, -0.1) is 0 Å². The smallest absolute Gasteiger partial charge is 0.408 e. The number of aromatic nitrogens is 3. The number of ether oxygens (including phenoxy) is 1. The summed E-state index contributed by atoms with van der Waals surface area (Å²) in [5, 5.41) is 7.45. The molecule has 0 radical (unpaired) electrons. The molecule has 8 heteroatoms. The Bertz CT molecular complexity index is 1440. The molecule has 0 bridgehead atoms. The number of nitrogens with two attached hydrogens (primary N) is 1. The summed E-state index contributed by atoms with van der Waals surface area (Å²) in [6, 6.07) is 19.2. The molecule has 3 N–H and O–H groups in total. The first kappa shape index (κ1) is 22.6. The zero-order valence-electron chi connectivity index (χ0n) is 19.9. The van der Waals surface area contributed by atoms with Gasteiger partial charge < -0.3 is 15.8 Å². The van der Waals surface area contributed by atoms with Crippen molar-refractivity contribution in [3.8, 4) is 22.5 Å². The lowest BCUT2D eigenvalue weighted by Gasteiger charge is -2.22. The number of alkyl carbamates (subject to hydrolysis) is 1. The van der Waals surface area contributed by atoms with Gasteiger partial charge >= 0.3 is 6.09 Å². The van der Waals surface area contributed by atoms with Gasteiger partial charge in [-0.2, -0.15) is 5.10 Å². The lowest BCUT2D eigenvalue weighted by atomic mass is 10.00. The van der Waals surface area contributed by atoms with Crippen LogP contribution in [0.2, 0.25) is 0 Å². The quantitative estimate of drug-likeness (QED) is 0.451. The summed E-state index contributed by atoms with van der Waals surface area (Å²) < 4.78 is 7.10. The van der Waals surface area contributed by atoms with E-state index < -0.39 is 17.6 Å². The number of hydrogen-bond acceptors (Lipinski definition) is 5. The second kappa shape index (κ2) is 8.54. The molecule has 0 unspecified atom stereocenters. The fraction of sp³-hybridized carbons (Fsp3) is 0.259. The molecule has 35 heavy (non-hydrogen) atoms. The van der Waals surface area contributed by atoms with E-state index in [4.69, 9.17) is 15.5 Å². The van der Waals surface area contributed by atoms with Gasteiger partial charge in [0.1, 0.15) is 17.0 Å². The molecule has 2 aromatic carbocycles. The summed E-state index contributed by atoms with van der Waals surface area (Å²) in [5.74, 6) is -0.595. The molecule has 178 valence electrons. The van der Waals surface area contributed by atoms with E-state index in [0.717, 1.165) is 46.5 Å². The molecule has 1 aliphatic carbocycles. The Morgan fingerprint density at radius 3 is 2.54 bits per heavy atom. The summed E-state index contributed by atoms with van der Waals surface area (Å²) in [6.45, 7) is 5.55. The summed E-state index contributed by atoms with van der Waals surface area (Å²) >= 11 is 0. The zero-order valence-corrected chi connectivity index (χ0v) is 19.9. The molecule has 5 rings (SSSR count). The Hall–Kier alpha value is -4.20. The SMILES string of the molecule is CC(C)(C)OC(=O)N[C@H]1CCc2cc(-c3nc4ccc(C(N)=O)nn4c3-c3ccccc3)ccc21. The van der Waals surface area contributed by atoms with Gasteiger partial charge in [0, 0.05) is 11.1 Å². The number of nitrogens with zero attached hydrogens (tertiary/aromatic N) is 3. The number of primary amides is 1. The van der Waals surface area contributed by atoms with Gasteiger partial charge in [-0.25, -0.2) is 14.3 Å². The second-order valence-corrected chi connectivity index (χ2v) is 9.68. The normalized spacial score (nSPS) is 15.1. The molecular formula is C27H27N5O3. The molecule has 0 aliphatic heterocycles. The Balaban J connectivity index is 1.55. The summed E-state index contributed by atoms with van der Waals surface area (Å²) in [5.41, 5.74) is 11.4. The van der Waals surface area contributed by atoms with Crippen LogP contribution in [-0.2, 0) is 11.2 Å². The van der Waals surface area contributed by atoms with Crippen LogP contribution in [0.5, 0.6) is 0 Å². The Labute approximate surface area is 203 Å². The first-order valence-corrected chi connectivity index (χ1v) is 11.6. The maximum atomic E-state index is 12.3. The summed E-state index contributed by atoms with van der Waals surface area (Å²) in [7, 11) is 0. The third-order valence-electron chi connectivity index (χ3n) is 5.96. The maximum Gasteiger partial charge on any atom is 0.408 e. The van der Waals surface area contributed by atoms with Crippen molar-refractivity contribution in [2.75, 3.05) is 0 Å². The van der Waals surface area contributed by atoms with Gasteiger partial charge in [0.15, 0.2) is 5.65 Å². The number of rotatable bonds is 4.